The third-order valence-electron chi connectivity index (χ3n) is 4.74. The Bertz CT molecular complexity index is 952. The summed E-state index contributed by atoms with van der Waals surface area (Å²) in [7, 11) is 0. The van der Waals surface area contributed by atoms with E-state index in [1.807, 2.05) is 36.4 Å². The fraction of sp³-hybridized carbons (Fsp3) is 0.250. The van der Waals surface area contributed by atoms with Crippen molar-refractivity contribution in [1.29, 1.82) is 0 Å². The van der Waals surface area contributed by atoms with Crippen molar-refractivity contribution in [1.82, 2.24) is 10.3 Å². The summed E-state index contributed by atoms with van der Waals surface area (Å²) in [4.78, 5) is 7.03. The van der Waals surface area contributed by atoms with Crippen molar-refractivity contribution in [3.05, 3.63) is 58.1 Å². The minimum atomic E-state index is 0.485. The maximum absolute atomic E-state index is 6.55. The lowest BCUT2D eigenvalue weighted by Gasteiger charge is -2.29. The first-order chi connectivity index (χ1) is 12.7. The molecule has 1 aliphatic rings. The van der Waals surface area contributed by atoms with Gasteiger partial charge in [0.2, 0.25) is 0 Å². The van der Waals surface area contributed by atoms with Gasteiger partial charge < -0.3 is 16.0 Å². The van der Waals surface area contributed by atoms with Crippen molar-refractivity contribution in [3.63, 3.8) is 0 Å². The number of anilines is 1. The predicted molar refractivity (Wildman–Crippen MR) is 110 cm³/mol. The van der Waals surface area contributed by atoms with Gasteiger partial charge in [-0.2, -0.15) is 0 Å². The summed E-state index contributed by atoms with van der Waals surface area (Å²) in [6, 6.07) is 14.0. The van der Waals surface area contributed by atoms with Crippen LogP contribution in [-0.4, -0.2) is 31.2 Å². The molecule has 4 rings (SSSR count). The van der Waals surface area contributed by atoms with Crippen LogP contribution in [0.4, 0.5) is 5.82 Å². The summed E-state index contributed by atoms with van der Waals surface area (Å²) in [6.07, 6.45) is 0. The zero-order valence-corrected chi connectivity index (χ0v) is 15.8. The zero-order chi connectivity index (χ0) is 18.1. The van der Waals surface area contributed by atoms with E-state index in [9.17, 15) is 0 Å². The maximum atomic E-state index is 6.55. The molecule has 0 unspecified atom stereocenters. The molecule has 4 nitrogen and oxygen atoms in total. The fourth-order valence-electron chi connectivity index (χ4n) is 3.33. The first kappa shape index (κ1) is 17.6. The van der Waals surface area contributed by atoms with E-state index in [-0.39, 0.29) is 0 Å². The Morgan fingerprint density at radius 3 is 2.58 bits per heavy atom. The van der Waals surface area contributed by atoms with Crippen LogP contribution < -0.4 is 16.0 Å². The number of nitrogens with one attached hydrogen (secondary N) is 1. The van der Waals surface area contributed by atoms with Crippen LogP contribution >= 0.6 is 23.2 Å². The van der Waals surface area contributed by atoms with Gasteiger partial charge in [0.15, 0.2) is 0 Å². The number of fused-ring (bicyclic) bond motifs is 1. The molecular formula is C20H20Cl2N4. The van der Waals surface area contributed by atoms with Crippen molar-refractivity contribution in [2.24, 2.45) is 5.73 Å². The standard InChI is InChI=1S/C20H20Cl2N4/c21-17-3-1-13(12-23)9-16(17)14-2-4-19-15(10-14)11-18(22)20(25-19)26-7-5-24-6-8-26/h1-4,9-11,24H,5-8,12,23H2. The van der Waals surface area contributed by atoms with E-state index < -0.39 is 0 Å². The van der Waals surface area contributed by atoms with Crippen LogP contribution in [0.3, 0.4) is 0 Å². The van der Waals surface area contributed by atoms with Crippen molar-refractivity contribution in [2.45, 2.75) is 6.54 Å². The average molecular weight is 387 g/mol. The lowest BCUT2D eigenvalue weighted by atomic mass is 10.0. The Kier molecular flexibility index (Phi) is 5.00. The van der Waals surface area contributed by atoms with Crippen LogP contribution in [0.2, 0.25) is 10.0 Å². The number of aromatic nitrogens is 1. The number of halogens is 2. The van der Waals surface area contributed by atoms with Gasteiger partial charge in [-0.3, -0.25) is 0 Å². The van der Waals surface area contributed by atoms with E-state index in [4.69, 9.17) is 33.9 Å². The SMILES string of the molecule is NCc1ccc(Cl)c(-c2ccc3nc(N4CCNCC4)c(Cl)cc3c2)c1. The molecule has 1 aromatic heterocycles. The molecule has 1 saturated heterocycles. The molecule has 2 aromatic carbocycles. The maximum Gasteiger partial charge on any atom is 0.148 e. The molecule has 0 bridgehead atoms. The van der Waals surface area contributed by atoms with Gasteiger partial charge in [0.25, 0.3) is 0 Å². The Hall–Kier alpha value is -1.85. The van der Waals surface area contributed by atoms with Gasteiger partial charge in [-0.15, -0.1) is 0 Å². The molecule has 3 N–H and O–H groups in total. The average Bonchev–Trinajstić information content (AvgIpc) is 2.68. The minimum Gasteiger partial charge on any atom is -0.353 e. The van der Waals surface area contributed by atoms with Crippen molar-refractivity contribution < 1.29 is 0 Å². The van der Waals surface area contributed by atoms with Gasteiger partial charge in [0.1, 0.15) is 5.82 Å². The van der Waals surface area contributed by atoms with Crippen molar-refractivity contribution in [2.75, 3.05) is 31.1 Å². The molecule has 134 valence electrons. The molecule has 26 heavy (non-hydrogen) atoms. The molecule has 0 amide bonds. The summed E-state index contributed by atoms with van der Waals surface area (Å²) in [6.45, 7) is 4.21. The zero-order valence-electron chi connectivity index (χ0n) is 14.3. The van der Waals surface area contributed by atoms with Crippen molar-refractivity contribution >= 4 is 39.9 Å². The van der Waals surface area contributed by atoms with Crippen molar-refractivity contribution in [3.8, 4) is 11.1 Å². The van der Waals surface area contributed by atoms with Crippen LogP contribution in [0.25, 0.3) is 22.0 Å². The van der Waals surface area contributed by atoms with Crippen LogP contribution in [0.1, 0.15) is 5.56 Å². The molecule has 0 aliphatic carbocycles. The van der Waals surface area contributed by atoms with Gasteiger partial charge in [0, 0.05) is 48.7 Å². The highest BCUT2D eigenvalue weighted by atomic mass is 35.5. The molecule has 3 aromatic rings. The van der Waals surface area contributed by atoms with Gasteiger partial charge in [-0.1, -0.05) is 35.3 Å². The molecule has 0 saturated carbocycles. The van der Waals surface area contributed by atoms with E-state index in [1.54, 1.807) is 0 Å². The third-order valence-corrected chi connectivity index (χ3v) is 5.35. The fourth-order valence-corrected chi connectivity index (χ4v) is 3.83. The van der Waals surface area contributed by atoms with Crippen LogP contribution in [0.15, 0.2) is 42.5 Å². The van der Waals surface area contributed by atoms with E-state index >= 15 is 0 Å². The topological polar surface area (TPSA) is 54.2 Å². The summed E-state index contributed by atoms with van der Waals surface area (Å²) in [5.41, 5.74) is 9.75. The van der Waals surface area contributed by atoms with E-state index in [0.717, 1.165) is 59.6 Å². The summed E-state index contributed by atoms with van der Waals surface area (Å²) in [5, 5.41) is 5.73. The molecule has 0 atom stereocenters. The summed E-state index contributed by atoms with van der Waals surface area (Å²) >= 11 is 12.9. The second kappa shape index (κ2) is 7.41. The Labute approximate surface area is 162 Å². The Morgan fingerprint density at radius 1 is 1.00 bits per heavy atom. The molecule has 0 spiro atoms. The highest BCUT2D eigenvalue weighted by Gasteiger charge is 2.16. The molecule has 1 aliphatic heterocycles. The van der Waals surface area contributed by atoms with Crippen LogP contribution in [0, 0.1) is 0 Å². The van der Waals surface area contributed by atoms with E-state index in [1.165, 1.54) is 0 Å². The molecular weight excluding hydrogens is 367 g/mol. The first-order valence-electron chi connectivity index (χ1n) is 8.70. The molecule has 1 fully saturated rings. The van der Waals surface area contributed by atoms with Gasteiger partial charge >= 0.3 is 0 Å². The number of nitrogens with zero attached hydrogens (tertiary/aromatic N) is 2. The van der Waals surface area contributed by atoms with Gasteiger partial charge in [-0.05, 0) is 41.5 Å². The number of nitrogens with two attached hydrogens (primary N) is 1. The van der Waals surface area contributed by atoms with E-state index in [2.05, 4.69) is 16.3 Å². The number of benzene rings is 2. The smallest absolute Gasteiger partial charge is 0.148 e. The third kappa shape index (κ3) is 3.38. The normalized spacial score (nSPS) is 14.8. The molecule has 0 radical (unpaired) electrons. The Morgan fingerprint density at radius 2 is 1.81 bits per heavy atom. The highest BCUT2D eigenvalue weighted by molar-refractivity contribution is 6.34. The molecule has 6 heteroatoms. The van der Waals surface area contributed by atoms with E-state index in [0.29, 0.717) is 16.6 Å². The second-order valence-electron chi connectivity index (χ2n) is 6.46. The molecule has 2 heterocycles. The number of hydrogen-bond acceptors (Lipinski definition) is 4. The summed E-state index contributed by atoms with van der Waals surface area (Å²) < 4.78 is 0. The predicted octanol–water partition coefficient (Wildman–Crippen LogP) is 4.08. The number of pyridine rings is 1. The van der Waals surface area contributed by atoms with Gasteiger partial charge in [0.05, 0.1) is 10.5 Å². The monoisotopic (exact) mass is 386 g/mol. The quantitative estimate of drug-likeness (QED) is 0.711. The lowest BCUT2D eigenvalue weighted by molar-refractivity contribution is 0.585. The number of piperazine rings is 1. The highest BCUT2D eigenvalue weighted by Crippen LogP contribution is 2.33. The summed E-state index contributed by atoms with van der Waals surface area (Å²) in [5.74, 6) is 0.858. The van der Waals surface area contributed by atoms with Gasteiger partial charge in [-0.25, -0.2) is 4.98 Å². The number of hydrogen-bond donors (Lipinski definition) is 2. The Balaban J connectivity index is 1.76. The second-order valence-corrected chi connectivity index (χ2v) is 7.27. The largest absolute Gasteiger partial charge is 0.353 e. The van der Waals surface area contributed by atoms with Crippen LogP contribution in [-0.2, 0) is 6.54 Å². The first-order valence-corrected chi connectivity index (χ1v) is 9.46. The lowest BCUT2D eigenvalue weighted by Crippen LogP contribution is -2.44. The minimum absolute atomic E-state index is 0.485. The number of rotatable bonds is 3. The van der Waals surface area contributed by atoms with Crippen LogP contribution in [0.5, 0.6) is 0 Å².